The molecule has 0 unspecified atom stereocenters. The molecule has 8 heteroatoms. The third kappa shape index (κ3) is 4.23. The van der Waals surface area contributed by atoms with E-state index in [0.717, 1.165) is 26.2 Å². The number of amides is 1. The second-order valence-corrected chi connectivity index (χ2v) is 6.16. The molecule has 1 fully saturated rings. The van der Waals surface area contributed by atoms with Gasteiger partial charge in [-0.2, -0.15) is 0 Å². The predicted octanol–water partition coefficient (Wildman–Crippen LogP) is 0.937. The molecular formula is C13H20N4O3S. The van der Waals surface area contributed by atoms with Crippen molar-refractivity contribution in [3.8, 4) is 0 Å². The van der Waals surface area contributed by atoms with E-state index >= 15 is 0 Å². The minimum Gasteiger partial charge on any atom is -0.476 e. The van der Waals surface area contributed by atoms with Gasteiger partial charge in [0.1, 0.15) is 0 Å². The molecule has 0 atom stereocenters. The summed E-state index contributed by atoms with van der Waals surface area (Å²) in [7, 11) is 2.07. The van der Waals surface area contributed by atoms with E-state index in [9.17, 15) is 14.7 Å². The number of aromatic carboxylic acids is 1. The van der Waals surface area contributed by atoms with Crippen molar-refractivity contribution in [3.05, 3.63) is 10.6 Å². The number of hydrogen-bond acceptors (Lipinski definition) is 6. The van der Waals surface area contributed by atoms with Gasteiger partial charge in [0, 0.05) is 39.1 Å². The summed E-state index contributed by atoms with van der Waals surface area (Å²) in [6, 6.07) is 0. The molecular weight excluding hydrogens is 292 g/mol. The third-order valence-electron chi connectivity index (χ3n) is 3.43. The van der Waals surface area contributed by atoms with Crippen molar-refractivity contribution < 1.29 is 14.7 Å². The zero-order valence-corrected chi connectivity index (χ0v) is 13.1. The Morgan fingerprint density at radius 1 is 1.33 bits per heavy atom. The lowest BCUT2D eigenvalue weighted by Gasteiger charge is -2.31. The molecule has 116 valence electrons. The number of anilines is 1. The van der Waals surface area contributed by atoms with Gasteiger partial charge in [0.05, 0.1) is 4.88 Å². The second kappa shape index (κ2) is 6.97. The van der Waals surface area contributed by atoms with Gasteiger partial charge in [-0.05, 0) is 7.05 Å². The lowest BCUT2D eigenvalue weighted by Crippen LogP contribution is -2.43. The summed E-state index contributed by atoms with van der Waals surface area (Å²) in [6.45, 7) is 6.07. The molecule has 0 aromatic carbocycles. The topological polar surface area (TPSA) is 85.8 Å². The fourth-order valence-corrected chi connectivity index (χ4v) is 3.11. The molecule has 0 spiro atoms. The Bertz CT molecular complexity index is 523. The van der Waals surface area contributed by atoms with Crippen LogP contribution >= 0.6 is 11.3 Å². The number of rotatable bonds is 5. The number of carbonyl (C=O) groups is 2. The summed E-state index contributed by atoms with van der Waals surface area (Å²) >= 11 is 1.25. The van der Waals surface area contributed by atoms with Gasteiger partial charge in [0.2, 0.25) is 5.91 Å². The van der Waals surface area contributed by atoms with Crippen LogP contribution in [0.1, 0.15) is 28.7 Å². The quantitative estimate of drug-likeness (QED) is 0.841. The SMILES string of the molecule is CCC(=O)Nc1nc(C(=O)O)c(CN2CCN(C)CC2)s1. The molecule has 1 aromatic heterocycles. The van der Waals surface area contributed by atoms with Crippen LogP contribution in [0.3, 0.4) is 0 Å². The van der Waals surface area contributed by atoms with Gasteiger partial charge in [0.25, 0.3) is 0 Å². The minimum absolute atomic E-state index is 0.0466. The van der Waals surface area contributed by atoms with E-state index in [4.69, 9.17) is 0 Å². The van der Waals surface area contributed by atoms with Gasteiger partial charge in [-0.3, -0.25) is 9.69 Å². The Morgan fingerprint density at radius 3 is 2.57 bits per heavy atom. The Labute approximate surface area is 127 Å². The number of carboxylic acid groups (broad SMARTS) is 1. The molecule has 1 aromatic rings. The van der Waals surface area contributed by atoms with Gasteiger partial charge in [-0.15, -0.1) is 0 Å². The average molecular weight is 312 g/mol. The van der Waals surface area contributed by atoms with Crippen molar-refractivity contribution in [3.63, 3.8) is 0 Å². The normalized spacial score (nSPS) is 16.9. The Morgan fingerprint density at radius 2 is 2.00 bits per heavy atom. The van der Waals surface area contributed by atoms with Crippen LogP contribution in [0.15, 0.2) is 0 Å². The molecule has 2 N–H and O–H groups in total. The van der Waals surface area contributed by atoms with Crippen molar-refractivity contribution in [2.45, 2.75) is 19.9 Å². The number of nitrogens with zero attached hydrogens (tertiary/aromatic N) is 3. The Kier molecular flexibility index (Phi) is 5.27. The van der Waals surface area contributed by atoms with Crippen molar-refractivity contribution in [1.29, 1.82) is 0 Å². The maximum absolute atomic E-state index is 11.4. The largest absolute Gasteiger partial charge is 0.476 e. The lowest BCUT2D eigenvalue weighted by atomic mass is 10.3. The van der Waals surface area contributed by atoms with Crippen LogP contribution in [0, 0.1) is 0 Å². The van der Waals surface area contributed by atoms with Gasteiger partial charge >= 0.3 is 5.97 Å². The van der Waals surface area contributed by atoms with E-state index in [1.54, 1.807) is 6.92 Å². The van der Waals surface area contributed by atoms with E-state index in [2.05, 4.69) is 27.1 Å². The highest BCUT2D eigenvalue weighted by atomic mass is 32.1. The summed E-state index contributed by atoms with van der Waals surface area (Å²) in [5.74, 6) is -1.21. The number of carbonyl (C=O) groups excluding carboxylic acids is 1. The molecule has 0 saturated carbocycles. The number of likely N-dealkylation sites (N-methyl/N-ethyl adjacent to an activating group) is 1. The van der Waals surface area contributed by atoms with Crippen LogP contribution in [-0.2, 0) is 11.3 Å². The molecule has 0 radical (unpaired) electrons. The first-order valence-electron chi connectivity index (χ1n) is 6.93. The Balaban J connectivity index is 2.09. The monoisotopic (exact) mass is 312 g/mol. The number of aromatic nitrogens is 1. The molecule has 2 heterocycles. The van der Waals surface area contributed by atoms with Crippen LogP contribution in [0.5, 0.6) is 0 Å². The molecule has 1 amide bonds. The van der Waals surface area contributed by atoms with Gasteiger partial charge in [-0.25, -0.2) is 9.78 Å². The zero-order valence-electron chi connectivity index (χ0n) is 12.3. The van der Waals surface area contributed by atoms with E-state index < -0.39 is 5.97 Å². The number of nitrogens with one attached hydrogen (secondary N) is 1. The number of hydrogen-bond donors (Lipinski definition) is 2. The van der Waals surface area contributed by atoms with Gasteiger partial charge in [0.15, 0.2) is 10.8 Å². The molecule has 0 aliphatic carbocycles. The predicted molar refractivity (Wildman–Crippen MR) is 80.8 cm³/mol. The molecule has 1 aliphatic rings. The van der Waals surface area contributed by atoms with Crippen LogP contribution in [0.25, 0.3) is 0 Å². The van der Waals surface area contributed by atoms with E-state index in [1.807, 2.05) is 0 Å². The van der Waals surface area contributed by atoms with Crippen LogP contribution in [0.2, 0.25) is 0 Å². The molecule has 21 heavy (non-hydrogen) atoms. The standard InChI is InChI=1S/C13H20N4O3S/c1-3-10(18)14-13-15-11(12(19)20)9(21-13)8-17-6-4-16(2)5-7-17/h3-8H2,1-2H3,(H,19,20)(H,14,15,18). The lowest BCUT2D eigenvalue weighted by molar-refractivity contribution is -0.115. The van der Waals surface area contributed by atoms with Crippen molar-refractivity contribution in [1.82, 2.24) is 14.8 Å². The first kappa shape index (κ1) is 15.9. The average Bonchev–Trinajstić information content (AvgIpc) is 2.84. The molecule has 1 aliphatic heterocycles. The molecule has 7 nitrogen and oxygen atoms in total. The summed E-state index contributed by atoms with van der Waals surface area (Å²) in [4.78, 5) is 31.9. The van der Waals surface area contributed by atoms with Crippen molar-refractivity contribution in [2.75, 3.05) is 38.5 Å². The maximum atomic E-state index is 11.4. The summed E-state index contributed by atoms with van der Waals surface area (Å²) in [6.07, 6.45) is 0.343. The van der Waals surface area contributed by atoms with Crippen LogP contribution in [-0.4, -0.2) is 65.0 Å². The fourth-order valence-electron chi connectivity index (χ4n) is 2.10. The third-order valence-corrected chi connectivity index (χ3v) is 4.39. The first-order chi connectivity index (χ1) is 9.99. The van der Waals surface area contributed by atoms with Crippen molar-refractivity contribution in [2.24, 2.45) is 0 Å². The number of piperazine rings is 1. The fraction of sp³-hybridized carbons (Fsp3) is 0.615. The number of thiazole rings is 1. The van der Waals surface area contributed by atoms with Crippen molar-refractivity contribution >= 4 is 28.3 Å². The Hall–Kier alpha value is -1.51. The van der Waals surface area contributed by atoms with E-state index in [-0.39, 0.29) is 11.6 Å². The molecule has 2 rings (SSSR count). The van der Waals surface area contributed by atoms with Gasteiger partial charge < -0.3 is 15.3 Å². The van der Waals surface area contributed by atoms with Crippen LogP contribution in [0.4, 0.5) is 5.13 Å². The smallest absolute Gasteiger partial charge is 0.355 e. The van der Waals surface area contributed by atoms with Crippen LogP contribution < -0.4 is 5.32 Å². The zero-order chi connectivity index (χ0) is 15.4. The maximum Gasteiger partial charge on any atom is 0.355 e. The minimum atomic E-state index is -1.05. The highest BCUT2D eigenvalue weighted by Crippen LogP contribution is 2.25. The molecule has 0 bridgehead atoms. The summed E-state index contributed by atoms with van der Waals surface area (Å²) in [5, 5.41) is 12.2. The second-order valence-electron chi connectivity index (χ2n) is 5.08. The molecule has 1 saturated heterocycles. The number of carboxylic acids is 1. The summed E-state index contributed by atoms with van der Waals surface area (Å²) in [5.41, 5.74) is 0.0466. The first-order valence-corrected chi connectivity index (χ1v) is 7.75. The van der Waals surface area contributed by atoms with E-state index in [0.29, 0.717) is 23.0 Å². The summed E-state index contributed by atoms with van der Waals surface area (Å²) < 4.78 is 0. The van der Waals surface area contributed by atoms with Gasteiger partial charge in [-0.1, -0.05) is 18.3 Å². The van der Waals surface area contributed by atoms with E-state index in [1.165, 1.54) is 11.3 Å². The highest BCUT2D eigenvalue weighted by Gasteiger charge is 2.22. The highest BCUT2D eigenvalue weighted by molar-refractivity contribution is 7.16.